The zero-order valence-corrected chi connectivity index (χ0v) is 10.6. The highest BCUT2D eigenvalue weighted by Gasteiger charge is 2.02. The molecule has 0 aliphatic carbocycles. The van der Waals surface area contributed by atoms with Gasteiger partial charge in [0.15, 0.2) is 0 Å². The largest absolute Gasteiger partial charge is 0.334 e. The van der Waals surface area contributed by atoms with E-state index in [9.17, 15) is 9.18 Å². The number of anilines is 1. The van der Waals surface area contributed by atoms with Crippen LogP contribution in [0.5, 0.6) is 0 Å². The number of amides is 2. The summed E-state index contributed by atoms with van der Waals surface area (Å²) in [6, 6.07) is 14.1. The van der Waals surface area contributed by atoms with Crippen LogP contribution in [0.2, 0.25) is 0 Å². The van der Waals surface area contributed by atoms with Crippen molar-refractivity contribution in [2.75, 3.05) is 5.32 Å². The zero-order valence-electron chi connectivity index (χ0n) is 10.6. The number of halogens is 1. The number of nitrogens with one attached hydrogen (secondary N) is 2. The van der Waals surface area contributed by atoms with E-state index in [-0.39, 0.29) is 11.8 Å². The van der Waals surface area contributed by atoms with Crippen molar-refractivity contribution in [3.63, 3.8) is 0 Å². The van der Waals surface area contributed by atoms with E-state index in [0.29, 0.717) is 17.8 Å². The molecule has 0 spiro atoms. The first-order valence-electron chi connectivity index (χ1n) is 5.97. The number of hydrogen-bond acceptors (Lipinski definition) is 2. The average molecular weight is 269 g/mol. The molecular weight excluding hydrogens is 257 g/mol. The van der Waals surface area contributed by atoms with Crippen molar-refractivity contribution in [2.45, 2.75) is 6.54 Å². The van der Waals surface area contributed by atoms with Crippen LogP contribution in [-0.2, 0) is 6.54 Å². The molecule has 0 atom stereocenters. The molecular formula is C15H12FN3O. The molecule has 0 radical (unpaired) electrons. The third kappa shape index (κ3) is 3.82. The topological polar surface area (TPSA) is 64.9 Å². The third-order valence-corrected chi connectivity index (χ3v) is 2.64. The smallest absolute Gasteiger partial charge is 0.319 e. The molecule has 100 valence electrons. The summed E-state index contributed by atoms with van der Waals surface area (Å²) in [5.41, 5.74) is 1.93. The van der Waals surface area contributed by atoms with Crippen LogP contribution in [0.3, 0.4) is 0 Å². The van der Waals surface area contributed by atoms with Gasteiger partial charge in [-0.3, -0.25) is 0 Å². The second-order valence-corrected chi connectivity index (χ2v) is 4.12. The van der Waals surface area contributed by atoms with Crippen LogP contribution in [0.1, 0.15) is 11.1 Å². The van der Waals surface area contributed by atoms with Gasteiger partial charge in [-0.05, 0) is 42.0 Å². The molecule has 0 aliphatic rings. The lowest BCUT2D eigenvalue weighted by Crippen LogP contribution is -2.28. The molecule has 5 heteroatoms. The van der Waals surface area contributed by atoms with Gasteiger partial charge in [0.25, 0.3) is 0 Å². The Labute approximate surface area is 115 Å². The molecule has 0 fully saturated rings. The Kier molecular flexibility index (Phi) is 4.30. The molecule has 0 aromatic heterocycles. The van der Waals surface area contributed by atoms with Crippen LogP contribution in [-0.4, -0.2) is 6.03 Å². The quantitative estimate of drug-likeness (QED) is 0.899. The van der Waals surface area contributed by atoms with Crippen molar-refractivity contribution < 1.29 is 9.18 Å². The molecule has 4 nitrogen and oxygen atoms in total. The summed E-state index contributed by atoms with van der Waals surface area (Å²) in [4.78, 5) is 11.6. The molecule has 0 bridgehead atoms. The van der Waals surface area contributed by atoms with Gasteiger partial charge in [0.2, 0.25) is 0 Å². The second-order valence-electron chi connectivity index (χ2n) is 4.12. The van der Waals surface area contributed by atoms with Gasteiger partial charge >= 0.3 is 6.03 Å². The number of nitrogens with zero attached hydrogens (tertiary/aromatic N) is 1. The maximum absolute atomic E-state index is 12.7. The molecule has 0 saturated carbocycles. The normalized spacial score (nSPS) is 9.60. The Hall–Kier alpha value is -2.87. The predicted molar refractivity (Wildman–Crippen MR) is 73.4 cm³/mol. The summed E-state index contributed by atoms with van der Waals surface area (Å²) in [6.07, 6.45) is 0. The van der Waals surface area contributed by atoms with Crippen LogP contribution >= 0.6 is 0 Å². The lowest BCUT2D eigenvalue weighted by Gasteiger charge is -2.07. The van der Waals surface area contributed by atoms with Crippen molar-refractivity contribution in [1.82, 2.24) is 5.32 Å². The van der Waals surface area contributed by atoms with E-state index in [1.54, 1.807) is 36.4 Å². The summed E-state index contributed by atoms with van der Waals surface area (Å²) < 4.78 is 12.7. The first-order chi connectivity index (χ1) is 9.67. The first-order valence-corrected chi connectivity index (χ1v) is 5.97. The van der Waals surface area contributed by atoms with E-state index < -0.39 is 0 Å². The van der Waals surface area contributed by atoms with Crippen LogP contribution in [0.4, 0.5) is 14.9 Å². The summed E-state index contributed by atoms with van der Waals surface area (Å²) in [7, 11) is 0. The van der Waals surface area contributed by atoms with Crippen molar-refractivity contribution in [1.29, 1.82) is 5.26 Å². The van der Waals surface area contributed by atoms with Gasteiger partial charge in [-0.1, -0.05) is 12.1 Å². The number of carbonyl (C=O) groups is 1. The van der Waals surface area contributed by atoms with Gasteiger partial charge in [0.1, 0.15) is 5.82 Å². The van der Waals surface area contributed by atoms with E-state index in [1.165, 1.54) is 12.1 Å². The highest BCUT2D eigenvalue weighted by molar-refractivity contribution is 5.89. The Morgan fingerprint density at radius 1 is 1.10 bits per heavy atom. The van der Waals surface area contributed by atoms with Gasteiger partial charge in [-0.25, -0.2) is 9.18 Å². The molecule has 0 heterocycles. The van der Waals surface area contributed by atoms with Crippen molar-refractivity contribution in [3.8, 4) is 6.07 Å². The van der Waals surface area contributed by atoms with Gasteiger partial charge < -0.3 is 10.6 Å². The van der Waals surface area contributed by atoms with Gasteiger partial charge in [-0.15, -0.1) is 0 Å². The molecule has 0 aliphatic heterocycles. The first kappa shape index (κ1) is 13.6. The molecule has 20 heavy (non-hydrogen) atoms. The molecule has 0 unspecified atom stereocenters. The Balaban J connectivity index is 1.86. The van der Waals surface area contributed by atoms with Crippen molar-refractivity contribution >= 4 is 11.7 Å². The molecule has 0 saturated heterocycles. The minimum absolute atomic E-state index is 0.308. The van der Waals surface area contributed by atoms with Gasteiger partial charge in [0, 0.05) is 12.2 Å². The Bertz CT molecular complexity index is 630. The van der Waals surface area contributed by atoms with Crippen molar-refractivity contribution in [3.05, 3.63) is 65.5 Å². The minimum Gasteiger partial charge on any atom is -0.334 e. The fourth-order valence-corrected chi connectivity index (χ4v) is 1.59. The van der Waals surface area contributed by atoms with Crippen LogP contribution < -0.4 is 10.6 Å². The number of rotatable bonds is 3. The zero-order chi connectivity index (χ0) is 14.4. The number of carbonyl (C=O) groups excluding carboxylic acids is 1. The fourth-order valence-electron chi connectivity index (χ4n) is 1.59. The maximum Gasteiger partial charge on any atom is 0.319 e. The Morgan fingerprint density at radius 2 is 1.75 bits per heavy atom. The standard InChI is InChI=1S/C15H12FN3O/c16-13-5-1-12(2-6-13)10-18-15(20)19-14-7-3-11(9-17)4-8-14/h1-8H,10H2,(H2,18,19,20). The van der Waals surface area contributed by atoms with Crippen molar-refractivity contribution in [2.24, 2.45) is 0 Å². The van der Waals surface area contributed by atoms with E-state index >= 15 is 0 Å². The highest BCUT2D eigenvalue weighted by Crippen LogP contribution is 2.08. The number of urea groups is 1. The lowest BCUT2D eigenvalue weighted by molar-refractivity contribution is 0.251. The third-order valence-electron chi connectivity index (χ3n) is 2.64. The lowest BCUT2D eigenvalue weighted by atomic mass is 10.2. The van der Waals surface area contributed by atoms with Crippen LogP contribution in [0.25, 0.3) is 0 Å². The van der Waals surface area contributed by atoms with E-state index in [0.717, 1.165) is 5.56 Å². The average Bonchev–Trinajstić information content (AvgIpc) is 2.47. The van der Waals surface area contributed by atoms with Gasteiger partial charge in [-0.2, -0.15) is 5.26 Å². The summed E-state index contributed by atoms with van der Waals surface area (Å²) in [6.45, 7) is 0.308. The number of nitriles is 1. The van der Waals surface area contributed by atoms with E-state index in [4.69, 9.17) is 5.26 Å². The van der Waals surface area contributed by atoms with Crippen LogP contribution in [0.15, 0.2) is 48.5 Å². The Morgan fingerprint density at radius 3 is 2.35 bits per heavy atom. The minimum atomic E-state index is -0.362. The molecule has 2 aromatic carbocycles. The summed E-state index contributed by atoms with van der Waals surface area (Å²) in [5.74, 6) is -0.309. The summed E-state index contributed by atoms with van der Waals surface area (Å²) in [5, 5.41) is 14.0. The highest BCUT2D eigenvalue weighted by atomic mass is 19.1. The van der Waals surface area contributed by atoms with Crippen LogP contribution in [0, 0.1) is 17.1 Å². The SMILES string of the molecule is N#Cc1ccc(NC(=O)NCc2ccc(F)cc2)cc1. The molecule has 2 rings (SSSR count). The monoisotopic (exact) mass is 269 g/mol. The number of hydrogen-bond donors (Lipinski definition) is 2. The number of benzene rings is 2. The second kappa shape index (κ2) is 6.34. The predicted octanol–water partition coefficient (Wildman–Crippen LogP) is 3.02. The fraction of sp³-hybridized carbons (Fsp3) is 0.0667. The molecule has 2 aromatic rings. The van der Waals surface area contributed by atoms with E-state index in [1.807, 2.05) is 6.07 Å². The van der Waals surface area contributed by atoms with Gasteiger partial charge in [0.05, 0.1) is 11.6 Å². The maximum atomic E-state index is 12.7. The summed E-state index contributed by atoms with van der Waals surface area (Å²) >= 11 is 0. The van der Waals surface area contributed by atoms with E-state index in [2.05, 4.69) is 10.6 Å². The molecule has 2 amide bonds. The molecule has 2 N–H and O–H groups in total.